The molecule has 1 N–H and O–H groups in total. The van der Waals surface area contributed by atoms with Crippen molar-refractivity contribution >= 4 is 5.91 Å². The Kier molecular flexibility index (Phi) is 5.65. The predicted octanol–water partition coefficient (Wildman–Crippen LogP) is 1.27. The average molecular weight is 350 g/mol. The summed E-state index contributed by atoms with van der Waals surface area (Å²) in [6, 6.07) is 5.29. The van der Waals surface area contributed by atoms with Gasteiger partial charge < -0.3 is 29.2 Å². The number of hydrogen-bond acceptors (Lipinski definition) is 6. The molecule has 0 unspecified atom stereocenters. The quantitative estimate of drug-likeness (QED) is 0.799. The van der Waals surface area contributed by atoms with E-state index in [2.05, 4.69) is 24.3 Å². The lowest BCUT2D eigenvalue weighted by Gasteiger charge is -2.39. The Balaban J connectivity index is 1.48. The Labute approximate surface area is 148 Å². The van der Waals surface area contributed by atoms with E-state index in [0.29, 0.717) is 23.8 Å². The molecule has 1 aromatic rings. The number of benzene rings is 1. The lowest BCUT2D eigenvalue weighted by molar-refractivity contribution is -0.124. The standard InChI is InChI=1S/C18H26N2O5/c1-20(2)12-18(5-7-22-8-6-18)11-19-17(21)10-23-14-3-4-15-16(9-14)25-13-24-15/h3-4,9H,5-8,10-13H2,1-2H3,(H,19,21). The highest BCUT2D eigenvalue weighted by molar-refractivity contribution is 5.77. The fourth-order valence-corrected chi connectivity index (χ4v) is 3.32. The molecule has 3 rings (SSSR count). The first kappa shape index (κ1) is 17.8. The molecule has 25 heavy (non-hydrogen) atoms. The summed E-state index contributed by atoms with van der Waals surface area (Å²) in [5, 5.41) is 3.02. The van der Waals surface area contributed by atoms with Crippen molar-refractivity contribution in [2.24, 2.45) is 5.41 Å². The van der Waals surface area contributed by atoms with Crippen molar-refractivity contribution in [2.75, 3.05) is 53.8 Å². The number of fused-ring (bicyclic) bond motifs is 1. The zero-order valence-corrected chi connectivity index (χ0v) is 14.9. The van der Waals surface area contributed by atoms with E-state index in [1.165, 1.54) is 0 Å². The van der Waals surface area contributed by atoms with Gasteiger partial charge in [-0.3, -0.25) is 4.79 Å². The summed E-state index contributed by atoms with van der Waals surface area (Å²) in [5.41, 5.74) is 0.0656. The maximum atomic E-state index is 12.2. The highest BCUT2D eigenvalue weighted by Gasteiger charge is 2.33. The zero-order chi connectivity index (χ0) is 17.7. The lowest BCUT2D eigenvalue weighted by atomic mass is 9.79. The van der Waals surface area contributed by atoms with E-state index in [0.717, 1.165) is 32.6 Å². The molecule has 0 saturated carbocycles. The number of amides is 1. The number of ether oxygens (including phenoxy) is 4. The van der Waals surface area contributed by atoms with Gasteiger partial charge in [0.1, 0.15) is 5.75 Å². The van der Waals surface area contributed by atoms with E-state index in [1.807, 2.05) is 0 Å². The fraction of sp³-hybridized carbons (Fsp3) is 0.611. The second kappa shape index (κ2) is 7.93. The molecule has 2 aliphatic rings. The van der Waals surface area contributed by atoms with Gasteiger partial charge in [0.2, 0.25) is 6.79 Å². The molecule has 138 valence electrons. The van der Waals surface area contributed by atoms with Gasteiger partial charge in [-0.1, -0.05) is 0 Å². The van der Waals surface area contributed by atoms with Crippen LogP contribution >= 0.6 is 0 Å². The van der Waals surface area contributed by atoms with Crippen LogP contribution in [0.5, 0.6) is 17.2 Å². The van der Waals surface area contributed by atoms with E-state index >= 15 is 0 Å². The summed E-state index contributed by atoms with van der Waals surface area (Å²) < 4.78 is 21.6. The Morgan fingerprint density at radius 3 is 2.76 bits per heavy atom. The van der Waals surface area contributed by atoms with Gasteiger partial charge in [0.05, 0.1) is 0 Å². The molecule has 7 heteroatoms. The maximum Gasteiger partial charge on any atom is 0.257 e. The summed E-state index contributed by atoms with van der Waals surface area (Å²) in [4.78, 5) is 14.4. The van der Waals surface area contributed by atoms with Crippen LogP contribution in [0.2, 0.25) is 0 Å². The maximum absolute atomic E-state index is 12.2. The number of nitrogens with zero attached hydrogens (tertiary/aromatic N) is 1. The molecule has 0 spiro atoms. The molecule has 1 fully saturated rings. The first-order valence-electron chi connectivity index (χ1n) is 8.58. The van der Waals surface area contributed by atoms with Gasteiger partial charge >= 0.3 is 0 Å². The summed E-state index contributed by atoms with van der Waals surface area (Å²) >= 11 is 0. The van der Waals surface area contributed by atoms with Crippen molar-refractivity contribution in [2.45, 2.75) is 12.8 Å². The fourth-order valence-electron chi connectivity index (χ4n) is 3.32. The lowest BCUT2D eigenvalue weighted by Crippen LogP contribution is -2.47. The van der Waals surface area contributed by atoms with Crippen LogP contribution in [0, 0.1) is 5.41 Å². The third-order valence-electron chi connectivity index (χ3n) is 4.58. The second-order valence-electron chi connectivity index (χ2n) is 6.93. The van der Waals surface area contributed by atoms with Crippen LogP contribution in [0.1, 0.15) is 12.8 Å². The third-order valence-corrected chi connectivity index (χ3v) is 4.58. The number of carbonyl (C=O) groups is 1. The van der Waals surface area contributed by atoms with Crippen LogP contribution in [0.25, 0.3) is 0 Å². The predicted molar refractivity (Wildman–Crippen MR) is 92.1 cm³/mol. The number of hydrogen-bond donors (Lipinski definition) is 1. The molecule has 1 saturated heterocycles. The summed E-state index contributed by atoms with van der Waals surface area (Å²) in [6.07, 6.45) is 1.91. The third kappa shape index (κ3) is 4.76. The Morgan fingerprint density at radius 1 is 1.24 bits per heavy atom. The molecular formula is C18H26N2O5. The summed E-state index contributed by atoms with van der Waals surface area (Å²) in [5.74, 6) is 1.81. The summed E-state index contributed by atoms with van der Waals surface area (Å²) in [6.45, 7) is 3.26. The minimum atomic E-state index is -0.123. The molecule has 0 atom stereocenters. The van der Waals surface area contributed by atoms with Crippen molar-refractivity contribution in [1.82, 2.24) is 10.2 Å². The van der Waals surface area contributed by atoms with Crippen molar-refractivity contribution in [3.05, 3.63) is 18.2 Å². The van der Waals surface area contributed by atoms with Crippen LogP contribution in [0.3, 0.4) is 0 Å². The molecule has 0 bridgehead atoms. The van der Waals surface area contributed by atoms with E-state index in [-0.39, 0.29) is 24.7 Å². The minimum absolute atomic E-state index is 0.0197. The first-order chi connectivity index (χ1) is 12.1. The van der Waals surface area contributed by atoms with Gasteiger partial charge in [-0.15, -0.1) is 0 Å². The van der Waals surface area contributed by atoms with Gasteiger partial charge in [0.15, 0.2) is 18.1 Å². The molecule has 0 aliphatic carbocycles. The van der Waals surface area contributed by atoms with Gasteiger partial charge in [-0.25, -0.2) is 0 Å². The topological polar surface area (TPSA) is 69.3 Å². The zero-order valence-electron chi connectivity index (χ0n) is 14.9. The second-order valence-corrected chi connectivity index (χ2v) is 6.93. The van der Waals surface area contributed by atoms with Crippen LogP contribution in [-0.2, 0) is 9.53 Å². The molecule has 1 aromatic carbocycles. The van der Waals surface area contributed by atoms with E-state index < -0.39 is 0 Å². The molecular weight excluding hydrogens is 324 g/mol. The summed E-state index contributed by atoms with van der Waals surface area (Å²) in [7, 11) is 4.11. The van der Waals surface area contributed by atoms with Gasteiger partial charge in [-0.05, 0) is 39.1 Å². The van der Waals surface area contributed by atoms with Crippen LogP contribution in [0.4, 0.5) is 0 Å². The number of carbonyl (C=O) groups excluding carboxylic acids is 1. The van der Waals surface area contributed by atoms with E-state index in [9.17, 15) is 4.79 Å². The Hall–Kier alpha value is -1.99. The highest BCUT2D eigenvalue weighted by Crippen LogP contribution is 2.35. The average Bonchev–Trinajstić information content (AvgIpc) is 3.06. The normalized spacial score (nSPS) is 18.2. The van der Waals surface area contributed by atoms with Crippen LogP contribution in [0.15, 0.2) is 18.2 Å². The van der Waals surface area contributed by atoms with Crippen molar-refractivity contribution < 1.29 is 23.7 Å². The van der Waals surface area contributed by atoms with Crippen molar-refractivity contribution in [1.29, 1.82) is 0 Å². The van der Waals surface area contributed by atoms with Crippen LogP contribution in [-0.4, -0.2) is 64.6 Å². The van der Waals surface area contributed by atoms with Gasteiger partial charge in [-0.2, -0.15) is 0 Å². The minimum Gasteiger partial charge on any atom is -0.484 e. The highest BCUT2D eigenvalue weighted by atomic mass is 16.7. The largest absolute Gasteiger partial charge is 0.484 e. The number of nitrogens with one attached hydrogen (secondary N) is 1. The monoisotopic (exact) mass is 350 g/mol. The Bertz CT molecular complexity index is 599. The van der Waals surface area contributed by atoms with Crippen LogP contribution < -0.4 is 19.5 Å². The molecule has 0 radical (unpaired) electrons. The van der Waals surface area contributed by atoms with Crippen molar-refractivity contribution in [3.8, 4) is 17.2 Å². The van der Waals surface area contributed by atoms with Crippen molar-refractivity contribution in [3.63, 3.8) is 0 Å². The van der Waals surface area contributed by atoms with E-state index in [4.69, 9.17) is 18.9 Å². The van der Waals surface area contributed by atoms with E-state index in [1.54, 1.807) is 18.2 Å². The first-order valence-corrected chi connectivity index (χ1v) is 8.58. The SMILES string of the molecule is CN(C)CC1(CNC(=O)COc2ccc3c(c2)OCO3)CCOCC1. The number of rotatable bonds is 7. The molecule has 0 aromatic heterocycles. The molecule has 7 nitrogen and oxygen atoms in total. The molecule has 2 aliphatic heterocycles. The molecule has 1 amide bonds. The molecule has 2 heterocycles. The smallest absolute Gasteiger partial charge is 0.257 e. The Morgan fingerprint density at radius 2 is 2.00 bits per heavy atom. The van der Waals surface area contributed by atoms with Gasteiger partial charge in [0, 0.05) is 37.8 Å². The van der Waals surface area contributed by atoms with Gasteiger partial charge in [0.25, 0.3) is 5.91 Å².